The molecule has 1 saturated heterocycles. The zero-order valence-corrected chi connectivity index (χ0v) is 10.4. The SMILES string of the molecule is NS(=O)(=O)c1ccccc1N1CC(CC(=O)O)C1. The number of nitrogens with two attached hydrogens (primary N) is 1. The van der Waals surface area contributed by atoms with Crippen LogP contribution >= 0.6 is 0 Å². The first kappa shape index (κ1) is 12.8. The molecule has 1 aromatic rings. The number of para-hydroxylation sites is 1. The van der Waals surface area contributed by atoms with Crippen molar-refractivity contribution in [3.63, 3.8) is 0 Å². The Labute approximate surface area is 105 Å². The van der Waals surface area contributed by atoms with Gasteiger partial charge in [-0.15, -0.1) is 0 Å². The van der Waals surface area contributed by atoms with Gasteiger partial charge in [0.25, 0.3) is 0 Å². The molecule has 0 spiro atoms. The molecule has 3 N–H and O–H groups in total. The van der Waals surface area contributed by atoms with E-state index in [1.807, 2.05) is 4.90 Å². The Hall–Kier alpha value is -1.60. The van der Waals surface area contributed by atoms with E-state index in [4.69, 9.17) is 10.2 Å². The molecule has 7 heteroatoms. The molecule has 18 heavy (non-hydrogen) atoms. The van der Waals surface area contributed by atoms with Crippen LogP contribution in [-0.4, -0.2) is 32.6 Å². The van der Waals surface area contributed by atoms with Gasteiger partial charge in [0, 0.05) is 19.0 Å². The molecule has 0 saturated carbocycles. The number of carboxylic acid groups (broad SMARTS) is 1. The number of benzene rings is 1. The molecule has 1 heterocycles. The van der Waals surface area contributed by atoms with Gasteiger partial charge in [-0.2, -0.15) is 0 Å². The maximum Gasteiger partial charge on any atom is 0.303 e. The van der Waals surface area contributed by atoms with Gasteiger partial charge >= 0.3 is 5.97 Å². The quantitative estimate of drug-likeness (QED) is 0.816. The Morgan fingerprint density at radius 1 is 1.39 bits per heavy atom. The first-order valence-electron chi connectivity index (χ1n) is 5.46. The van der Waals surface area contributed by atoms with Crippen LogP contribution in [0, 0.1) is 5.92 Å². The summed E-state index contributed by atoms with van der Waals surface area (Å²) in [6.07, 6.45) is 0.105. The molecule has 0 aromatic heterocycles. The largest absolute Gasteiger partial charge is 0.481 e. The van der Waals surface area contributed by atoms with E-state index in [9.17, 15) is 13.2 Å². The molecule has 0 bridgehead atoms. The molecule has 0 radical (unpaired) electrons. The molecule has 1 aliphatic rings. The third-order valence-corrected chi connectivity index (χ3v) is 3.89. The van der Waals surface area contributed by atoms with Gasteiger partial charge in [-0.3, -0.25) is 4.79 Å². The fourth-order valence-corrected chi connectivity index (χ4v) is 2.86. The van der Waals surface area contributed by atoms with Gasteiger partial charge in [0.2, 0.25) is 10.0 Å². The van der Waals surface area contributed by atoms with Crippen LogP contribution in [0.5, 0.6) is 0 Å². The number of carboxylic acids is 1. The molecular formula is C11H14N2O4S. The summed E-state index contributed by atoms with van der Waals surface area (Å²) in [7, 11) is -3.75. The molecule has 2 rings (SSSR count). The van der Waals surface area contributed by atoms with Crippen molar-refractivity contribution in [3.05, 3.63) is 24.3 Å². The first-order valence-corrected chi connectivity index (χ1v) is 7.01. The van der Waals surface area contributed by atoms with Crippen LogP contribution in [-0.2, 0) is 14.8 Å². The predicted octanol–water partition coefficient (Wildman–Crippen LogP) is 0.245. The van der Waals surface area contributed by atoms with E-state index in [1.54, 1.807) is 18.2 Å². The molecule has 0 atom stereocenters. The van der Waals surface area contributed by atoms with Crippen LogP contribution in [0.3, 0.4) is 0 Å². The number of primary sulfonamides is 1. The minimum absolute atomic E-state index is 0.0658. The highest BCUT2D eigenvalue weighted by Crippen LogP contribution is 2.31. The summed E-state index contributed by atoms with van der Waals surface area (Å²) >= 11 is 0. The zero-order chi connectivity index (χ0) is 13.3. The maximum absolute atomic E-state index is 11.4. The van der Waals surface area contributed by atoms with Gasteiger partial charge in [0.15, 0.2) is 0 Å². The summed E-state index contributed by atoms with van der Waals surface area (Å²) in [5.41, 5.74) is 0.543. The second-order valence-electron chi connectivity index (χ2n) is 4.38. The Kier molecular flexibility index (Phi) is 3.27. The lowest BCUT2D eigenvalue weighted by Crippen LogP contribution is -2.48. The maximum atomic E-state index is 11.4. The number of rotatable bonds is 4. The van der Waals surface area contributed by atoms with Gasteiger partial charge in [0.05, 0.1) is 12.1 Å². The van der Waals surface area contributed by atoms with E-state index in [1.165, 1.54) is 6.07 Å². The van der Waals surface area contributed by atoms with Crippen molar-refractivity contribution >= 4 is 21.7 Å². The summed E-state index contributed by atoms with van der Waals surface area (Å²) in [6.45, 7) is 1.08. The van der Waals surface area contributed by atoms with Gasteiger partial charge in [-0.1, -0.05) is 12.1 Å². The lowest BCUT2D eigenvalue weighted by atomic mass is 9.96. The van der Waals surface area contributed by atoms with Crippen molar-refractivity contribution in [3.8, 4) is 0 Å². The van der Waals surface area contributed by atoms with Crippen LogP contribution in [0.2, 0.25) is 0 Å². The summed E-state index contributed by atoms with van der Waals surface area (Å²) < 4.78 is 22.8. The molecule has 1 aliphatic heterocycles. The summed E-state index contributed by atoms with van der Waals surface area (Å²) in [6, 6.07) is 6.47. The number of hydrogen-bond acceptors (Lipinski definition) is 4. The highest BCUT2D eigenvalue weighted by Gasteiger charge is 2.31. The number of sulfonamides is 1. The Morgan fingerprint density at radius 2 is 2.00 bits per heavy atom. The number of hydrogen-bond donors (Lipinski definition) is 2. The Bertz CT molecular complexity index is 564. The molecule has 98 valence electrons. The van der Waals surface area contributed by atoms with E-state index < -0.39 is 16.0 Å². The highest BCUT2D eigenvalue weighted by molar-refractivity contribution is 7.89. The number of anilines is 1. The zero-order valence-electron chi connectivity index (χ0n) is 9.61. The number of aliphatic carboxylic acids is 1. The minimum atomic E-state index is -3.75. The Balaban J connectivity index is 2.15. The Morgan fingerprint density at radius 3 is 2.56 bits per heavy atom. The van der Waals surface area contributed by atoms with Crippen molar-refractivity contribution in [2.75, 3.05) is 18.0 Å². The van der Waals surface area contributed by atoms with Crippen molar-refractivity contribution in [1.29, 1.82) is 0 Å². The monoisotopic (exact) mass is 270 g/mol. The van der Waals surface area contributed by atoms with Crippen LogP contribution in [0.4, 0.5) is 5.69 Å². The van der Waals surface area contributed by atoms with Crippen LogP contribution in [0.15, 0.2) is 29.2 Å². The second-order valence-corrected chi connectivity index (χ2v) is 5.91. The topological polar surface area (TPSA) is 101 Å². The molecule has 0 amide bonds. The fourth-order valence-electron chi connectivity index (χ4n) is 2.10. The average molecular weight is 270 g/mol. The van der Waals surface area contributed by atoms with Crippen LogP contribution < -0.4 is 10.0 Å². The van der Waals surface area contributed by atoms with E-state index >= 15 is 0 Å². The van der Waals surface area contributed by atoms with Crippen molar-refractivity contribution in [1.82, 2.24) is 0 Å². The minimum Gasteiger partial charge on any atom is -0.481 e. The van der Waals surface area contributed by atoms with Gasteiger partial charge in [0.1, 0.15) is 4.90 Å². The molecular weight excluding hydrogens is 256 g/mol. The normalized spacial score (nSPS) is 16.4. The lowest BCUT2D eigenvalue weighted by Gasteiger charge is -2.41. The number of nitrogens with zero attached hydrogens (tertiary/aromatic N) is 1. The molecule has 0 aliphatic carbocycles. The summed E-state index contributed by atoms with van der Waals surface area (Å²) in [5, 5.41) is 13.8. The fraction of sp³-hybridized carbons (Fsp3) is 0.364. The first-order chi connectivity index (χ1) is 8.38. The average Bonchev–Trinajstić information content (AvgIpc) is 2.21. The number of carbonyl (C=O) groups is 1. The smallest absolute Gasteiger partial charge is 0.303 e. The van der Waals surface area contributed by atoms with Gasteiger partial charge in [-0.25, -0.2) is 13.6 Å². The molecule has 6 nitrogen and oxygen atoms in total. The van der Waals surface area contributed by atoms with Gasteiger partial charge < -0.3 is 10.0 Å². The van der Waals surface area contributed by atoms with E-state index in [2.05, 4.69) is 0 Å². The van der Waals surface area contributed by atoms with Crippen LogP contribution in [0.1, 0.15) is 6.42 Å². The summed E-state index contributed by atoms with van der Waals surface area (Å²) in [5.74, 6) is -0.768. The van der Waals surface area contributed by atoms with E-state index in [0.717, 1.165) is 0 Å². The van der Waals surface area contributed by atoms with Crippen molar-refractivity contribution in [2.24, 2.45) is 11.1 Å². The molecule has 1 fully saturated rings. The third kappa shape index (κ3) is 2.62. The molecule has 0 unspecified atom stereocenters. The van der Waals surface area contributed by atoms with Gasteiger partial charge in [-0.05, 0) is 12.1 Å². The van der Waals surface area contributed by atoms with Crippen LogP contribution in [0.25, 0.3) is 0 Å². The van der Waals surface area contributed by atoms with Crippen molar-refractivity contribution < 1.29 is 18.3 Å². The molecule has 1 aromatic carbocycles. The second kappa shape index (κ2) is 4.58. The van der Waals surface area contributed by atoms with E-state index in [-0.39, 0.29) is 17.2 Å². The standard InChI is InChI=1S/C11H14N2O4S/c12-18(16,17)10-4-2-1-3-9(10)13-6-8(7-13)5-11(14)15/h1-4,8H,5-7H2,(H,14,15)(H2,12,16,17). The van der Waals surface area contributed by atoms with E-state index in [0.29, 0.717) is 18.8 Å². The highest BCUT2D eigenvalue weighted by atomic mass is 32.2. The summed E-state index contributed by atoms with van der Waals surface area (Å²) in [4.78, 5) is 12.4. The van der Waals surface area contributed by atoms with Crippen molar-refractivity contribution in [2.45, 2.75) is 11.3 Å². The third-order valence-electron chi connectivity index (χ3n) is 2.93. The lowest BCUT2D eigenvalue weighted by molar-refractivity contribution is -0.138. The predicted molar refractivity (Wildman–Crippen MR) is 65.8 cm³/mol.